The molecule has 5 heteroatoms. The summed E-state index contributed by atoms with van der Waals surface area (Å²) in [6, 6.07) is 64.3. The van der Waals surface area contributed by atoms with Gasteiger partial charge in [-0.2, -0.15) is 0 Å². The summed E-state index contributed by atoms with van der Waals surface area (Å²) >= 11 is 6.41. The average Bonchev–Trinajstić information content (AvgIpc) is 3.20. The SMILES string of the molecule is Clc1cccc(-c2nc(-c3ccc(N(c4ccc(-c5ccccc5)cc4)c4ccc(-c5ccccc5)cc4)cc3)nnc2-c2ccccc2)c1. The molecule has 0 saturated heterocycles. The largest absolute Gasteiger partial charge is 0.311 e. The minimum atomic E-state index is 0.539. The van der Waals surface area contributed by atoms with Crippen LogP contribution in [0, 0.1) is 0 Å². The summed E-state index contributed by atoms with van der Waals surface area (Å²) in [6.07, 6.45) is 0. The fraction of sp³-hybridized carbons (Fsp3) is 0. The lowest BCUT2D eigenvalue weighted by atomic mass is 10.0. The lowest BCUT2D eigenvalue weighted by Crippen LogP contribution is -2.10. The number of aromatic nitrogens is 3. The van der Waals surface area contributed by atoms with Gasteiger partial charge in [-0.1, -0.05) is 139 Å². The molecule has 0 N–H and O–H groups in total. The second-order valence-corrected chi connectivity index (χ2v) is 12.4. The molecule has 4 nitrogen and oxygen atoms in total. The summed E-state index contributed by atoms with van der Waals surface area (Å²) in [5.74, 6) is 0.539. The lowest BCUT2D eigenvalue weighted by Gasteiger charge is -2.26. The fourth-order valence-corrected chi connectivity index (χ4v) is 6.34. The van der Waals surface area contributed by atoms with Crippen molar-refractivity contribution in [2.45, 2.75) is 0 Å². The lowest BCUT2D eigenvalue weighted by molar-refractivity contribution is 0.991. The van der Waals surface area contributed by atoms with Crippen LogP contribution in [0.1, 0.15) is 0 Å². The summed E-state index contributed by atoms with van der Waals surface area (Å²) in [7, 11) is 0. The van der Waals surface area contributed by atoms with Crippen LogP contribution in [0.4, 0.5) is 17.1 Å². The maximum absolute atomic E-state index is 6.41. The molecule has 0 atom stereocenters. The second-order valence-electron chi connectivity index (χ2n) is 11.9. The molecule has 0 unspecified atom stereocenters. The van der Waals surface area contributed by atoms with Crippen molar-refractivity contribution in [1.82, 2.24) is 15.2 Å². The molecule has 0 bridgehead atoms. The third kappa shape index (κ3) is 6.53. The highest BCUT2D eigenvalue weighted by molar-refractivity contribution is 6.30. The van der Waals surface area contributed by atoms with E-state index in [9.17, 15) is 0 Å². The molecule has 0 aliphatic rings. The molecule has 0 amide bonds. The van der Waals surface area contributed by atoms with Gasteiger partial charge in [-0.15, -0.1) is 10.2 Å². The van der Waals surface area contributed by atoms with Gasteiger partial charge in [0.05, 0.1) is 0 Å². The number of nitrogens with zero attached hydrogens (tertiary/aromatic N) is 4. The number of hydrogen-bond acceptors (Lipinski definition) is 4. The van der Waals surface area contributed by atoms with Gasteiger partial charge in [0, 0.05) is 38.8 Å². The maximum Gasteiger partial charge on any atom is 0.182 e. The van der Waals surface area contributed by atoms with Crippen LogP contribution in [0.3, 0.4) is 0 Å². The second kappa shape index (κ2) is 14.0. The van der Waals surface area contributed by atoms with E-state index in [4.69, 9.17) is 16.6 Å². The summed E-state index contributed by atoms with van der Waals surface area (Å²) < 4.78 is 0. The Morgan fingerprint density at radius 3 is 1.24 bits per heavy atom. The van der Waals surface area contributed by atoms with E-state index in [1.165, 1.54) is 22.3 Å². The fourth-order valence-electron chi connectivity index (χ4n) is 6.15. The van der Waals surface area contributed by atoms with E-state index in [-0.39, 0.29) is 0 Å². The van der Waals surface area contributed by atoms with Crippen LogP contribution in [0.25, 0.3) is 56.2 Å². The molecule has 0 saturated carbocycles. The van der Waals surface area contributed by atoms with Crippen molar-refractivity contribution in [2.24, 2.45) is 0 Å². The van der Waals surface area contributed by atoms with Crippen molar-refractivity contribution in [1.29, 1.82) is 0 Å². The van der Waals surface area contributed by atoms with Gasteiger partial charge in [0.25, 0.3) is 0 Å². The third-order valence-electron chi connectivity index (χ3n) is 8.68. The predicted octanol–water partition coefficient (Wildman–Crippen LogP) is 12.3. The van der Waals surface area contributed by atoms with E-state index < -0.39 is 0 Å². The van der Waals surface area contributed by atoms with Crippen molar-refractivity contribution >= 4 is 28.7 Å². The minimum Gasteiger partial charge on any atom is -0.311 e. The maximum atomic E-state index is 6.41. The van der Waals surface area contributed by atoms with Crippen molar-refractivity contribution in [3.8, 4) is 56.2 Å². The molecule has 0 radical (unpaired) electrons. The molecular formula is C45H31ClN4. The normalized spacial score (nSPS) is 10.9. The molecule has 8 rings (SSSR count). The van der Waals surface area contributed by atoms with Crippen molar-refractivity contribution in [3.05, 3.63) is 193 Å². The Kier molecular flexibility index (Phi) is 8.67. The van der Waals surface area contributed by atoms with Crippen LogP contribution in [0.15, 0.2) is 188 Å². The molecule has 0 fully saturated rings. The number of anilines is 3. The van der Waals surface area contributed by atoms with E-state index in [2.05, 4.69) is 136 Å². The standard InChI is InChI=1S/C45H31ClN4/c46-39-18-10-17-38(31-39)43-44(36-15-8-3-9-16-36)48-49-45(47-43)37-23-29-42(30-24-37)50(40-25-19-34(20-26-40)32-11-4-1-5-12-32)41-27-21-35(22-28-41)33-13-6-2-7-14-33/h1-31H. The molecule has 50 heavy (non-hydrogen) atoms. The van der Waals surface area contributed by atoms with Crippen LogP contribution >= 0.6 is 11.6 Å². The first-order chi connectivity index (χ1) is 24.7. The first kappa shape index (κ1) is 30.9. The van der Waals surface area contributed by atoms with E-state index in [1.54, 1.807) is 0 Å². The Balaban J connectivity index is 1.17. The Labute approximate surface area is 297 Å². The zero-order chi connectivity index (χ0) is 33.7. The summed E-state index contributed by atoms with van der Waals surface area (Å²) in [6.45, 7) is 0. The highest BCUT2D eigenvalue weighted by Gasteiger charge is 2.17. The highest BCUT2D eigenvalue weighted by Crippen LogP contribution is 2.38. The number of benzene rings is 7. The molecule has 1 aromatic heterocycles. The van der Waals surface area contributed by atoms with Crippen LogP contribution in [-0.4, -0.2) is 15.2 Å². The van der Waals surface area contributed by atoms with Gasteiger partial charge in [0.15, 0.2) is 5.82 Å². The number of hydrogen-bond donors (Lipinski definition) is 0. The quantitative estimate of drug-likeness (QED) is 0.162. The van der Waals surface area contributed by atoms with Crippen LogP contribution in [0.5, 0.6) is 0 Å². The zero-order valence-electron chi connectivity index (χ0n) is 27.1. The molecule has 0 aliphatic heterocycles. The molecule has 0 aliphatic carbocycles. The van der Waals surface area contributed by atoms with Gasteiger partial charge in [0.2, 0.25) is 0 Å². The van der Waals surface area contributed by atoms with E-state index >= 15 is 0 Å². The Hall–Kier alpha value is -6.36. The number of halogens is 1. The zero-order valence-corrected chi connectivity index (χ0v) is 27.8. The van der Waals surface area contributed by atoms with Crippen LogP contribution in [-0.2, 0) is 0 Å². The number of rotatable bonds is 8. The molecule has 8 aromatic rings. The topological polar surface area (TPSA) is 41.9 Å². The Morgan fingerprint density at radius 1 is 0.340 bits per heavy atom. The van der Waals surface area contributed by atoms with Gasteiger partial charge in [0.1, 0.15) is 11.4 Å². The van der Waals surface area contributed by atoms with Gasteiger partial charge in [-0.3, -0.25) is 0 Å². The molecule has 7 aromatic carbocycles. The molecule has 0 spiro atoms. The van der Waals surface area contributed by atoms with Crippen molar-refractivity contribution in [3.63, 3.8) is 0 Å². The van der Waals surface area contributed by atoms with E-state index in [0.717, 1.165) is 39.4 Å². The summed E-state index contributed by atoms with van der Waals surface area (Å²) in [5, 5.41) is 9.92. The van der Waals surface area contributed by atoms with Gasteiger partial charge in [-0.25, -0.2) is 4.98 Å². The monoisotopic (exact) mass is 662 g/mol. The van der Waals surface area contributed by atoms with E-state index in [0.29, 0.717) is 16.5 Å². The first-order valence-electron chi connectivity index (χ1n) is 16.5. The van der Waals surface area contributed by atoms with Gasteiger partial charge >= 0.3 is 0 Å². The molecular weight excluding hydrogens is 632 g/mol. The first-order valence-corrected chi connectivity index (χ1v) is 16.8. The molecule has 238 valence electrons. The minimum absolute atomic E-state index is 0.539. The van der Waals surface area contributed by atoms with Crippen LogP contribution in [0.2, 0.25) is 5.02 Å². The molecule has 1 heterocycles. The smallest absolute Gasteiger partial charge is 0.182 e. The Morgan fingerprint density at radius 2 is 0.760 bits per heavy atom. The van der Waals surface area contributed by atoms with Crippen molar-refractivity contribution in [2.75, 3.05) is 4.90 Å². The van der Waals surface area contributed by atoms with Crippen LogP contribution < -0.4 is 4.90 Å². The summed E-state index contributed by atoms with van der Waals surface area (Å²) in [5.41, 5.74) is 12.0. The van der Waals surface area contributed by atoms with Crippen molar-refractivity contribution < 1.29 is 0 Å². The van der Waals surface area contributed by atoms with Gasteiger partial charge in [-0.05, 0) is 82.9 Å². The Bertz CT molecular complexity index is 2260. The average molecular weight is 663 g/mol. The predicted molar refractivity (Wildman–Crippen MR) is 207 cm³/mol. The summed E-state index contributed by atoms with van der Waals surface area (Å²) in [4.78, 5) is 7.32. The highest BCUT2D eigenvalue weighted by atomic mass is 35.5. The third-order valence-corrected chi connectivity index (χ3v) is 8.92. The van der Waals surface area contributed by atoms with E-state index in [1.807, 2.05) is 66.7 Å². The van der Waals surface area contributed by atoms with Gasteiger partial charge < -0.3 is 4.90 Å².